The molecule has 0 saturated carbocycles. The van der Waals surface area contributed by atoms with Gasteiger partial charge in [0.05, 0.1) is 5.69 Å². The Hall–Kier alpha value is -3.51. The van der Waals surface area contributed by atoms with Crippen LogP contribution in [-0.4, -0.2) is 15.7 Å². The maximum atomic E-state index is 14.7. The SMILES string of the molecule is CCc1cccc(CC)c1NC(=O)c1nn(-c2cc(F)ccc2F)c(-c2ccccc2)c1Cl. The molecule has 1 heterocycles. The highest BCUT2D eigenvalue weighted by Gasteiger charge is 2.26. The number of hydrogen-bond donors (Lipinski definition) is 1. The third-order valence-electron chi connectivity index (χ3n) is 5.46. The molecule has 0 aliphatic rings. The number of carbonyl (C=O) groups is 1. The molecule has 1 N–H and O–H groups in total. The quantitative estimate of drug-likeness (QED) is 0.338. The number of aryl methyl sites for hydroxylation is 2. The summed E-state index contributed by atoms with van der Waals surface area (Å²) in [6, 6.07) is 17.8. The fourth-order valence-electron chi connectivity index (χ4n) is 3.79. The Morgan fingerprint density at radius 3 is 2.27 bits per heavy atom. The topological polar surface area (TPSA) is 46.9 Å². The van der Waals surface area contributed by atoms with Crippen molar-refractivity contribution in [3.63, 3.8) is 0 Å². The number of para-hydroxylation sites is 1. The fraction of sp³-hybridized carbons (Fsp3) is 0.154. The molecule has 0 atom stereocenters. The average molecular weight is 466 g/mol. The zero-order valence-corrected chi connectivity index (χ0v) is 19.0. The molecule has 3 aromatic carbocycles. The molecule has 1 aromatic heterocycles. The highest BCUT2D eigenvalue weighted by Crippen LogP contribution is 2.34. The van der Waals surface area contributed by atoms with E-state index in [4.69, 9.17) is 11.6 Å². The number of hydrogen-bond acceptors (Lipinski definition) is 2. The summed E-state index contributed by atoms with van der Waals surface area (Å²) >= 11 is 6.65. The summed E-state index contributed by atoms with van der Waals surface area (Å²) in [7, 11) is 0. The Morgan fingerprint density at radius 1 is 0.970 bits per heavy atom. The van der Waals surface area contributed by atoms with Crippen molar-refractivity contribution in [1.29, 1.82) is 0 Å². The Balaban J connectivity index is 1.87. The van der Waals surface area contributed by atoms with Crippen LogP contribution >= 0.6 is 11.6 Å². The smallest absolute Gasteiger partial charge is 0.277 e. The number of nitrogens with one attached hydrogen (secondary N) is 1. The van der Waals surface area contributed by atoms with Gasteiger partial charge in [0.15, 0.2) is 5.69 Å². The fourth-order valence-corrected chi connectivity index (χ4v) is 4.10. The summed E-state index contributed by atoms with van der Waals surface area (Å²) in [6.45, 7) is 4.01. The molecule has 4 rings (SSSR count). The van der Waals surface area contributed by atoms with E-state index in [2.05, 4.69) is 10.4 Å². The van der Waals surface area contributed by atoms with E-state index in [-0.39, 0.29) is 16.4 Å². The van der Waals surface area contributed by atoms with Crippen LogP contribution in [0.5, 0.6) is 0 Å². The Kier molecular flexibility index (Phi) is 6.56. The lowest BCUT2D eigenvalue weighted by Crippen LogP contribution is -2.16. The largest absolute Gasteiger partial charge is 0.320 e. The van der Waals surface area contributed by atoms with Gasteiger partial charge in [-0.2, -0.15) is 5.10 Å². The predicted octanol–water partition coefficient (Wildman–Crippen LogP) is 6.85. The van der Waals surface area contributed by atoms with Crippen LogP contribution < -0.4 is 5.32 Å². The van der Waals surface area contributed by atoms with E-state index in [1.165, 1.54) is 4.68 Å². The molecule has 0 aliphatic heterocycles. The number of anilines is 1. The monoisotopic (exact) mass is 465 g/mol. The summed E-state index contributed by atoms with van der Waals surface area (Å²) in [6.07, 6.45) is 1.46. The van der Waals surface area contributed by atoms with Gasteiger partial charge in [0.25, 0.3) is 5.91 Å². The van der Waals surface area contributed by atoms with E-state index in [0.717, 1.165) is 47.9 Å². The molecule has 1 amide bonds. The highest BCUT2D eigenvalue weighted by atomic mass is 35.5. The molecule has 7 heteroatoms. The van der Waals surface area contributed by atoms with E-state index >= 15 is 0 Å². The lowest BCUT2D eigenvalue weighted by Gasteiger charge is -2.13. The Labute approximate surface area is 195 Å². The maximum Gasteiger partial charge on any atom is 0.277 e. The second-order valence-corrected chi connectivity index (χ2v) is 7.88. The van der Waals surface area contributed by atoms with Gasteiger partial charge < -0.3 is 5.32 Å². The first kappa shape index (κ1) is 22.7. The van der Waals surface area contributed by atoms with Crippen LogP contribution in [0.2, 0.25) is 5.02 Å². The van der Waals surface area contributed by atoms with Gasteiger partial charge in [0, 0.05) is 17.3 Å². The lowest BCUT2D eigenvalue weighted by molar-refractivity contribution is 0.102. The molecule has 0 unspecified atom stereocenters. The normalized spacial score (nSPS) is 10.9. The van der Waals surface area contributed by atoms with E-state index in [0.29, 0.717) is 11.3 Å². The van der Waals surface area contributed by atoms with Gasteiger partial charge in [-0.15, -0.1) is 0 Å². The van der Waals surface area contributed by atoms with Gasteiger partial charge in [-0.3, -0.25) is 4.79 Å². The van der Waals surface area contributed by atoms with Crippen molar-refractivity contribution < 1.29 is 13.6 Å². The number of carbonyl (C=O) groups excluding carboxylic acids is 1. The molecular weight excluding hydrogens is 444 g/mol. The number of benzene rings is 3. The van der Waals surface area contributed by atoms with Gasteiger partial charge >= 0.3 is 0 Å². The van der Waals surface area contributed by atoms with Gasteiger partial charge in [-0.1, -0.05) is 74.0 Å². The van der Waals surface area contributed by atoms with Crippen LogP contribution in [0.25, 0.3) is 16.9 Å². The number of amides is 1. The van der Waals surface area contributed by atoms with E-state index in [1.807, 2.05) is 38.1 Å². The van der Waals surface area contributed by atoms with Crippen molar-refractivity contribution in [1.82, 2.24) is 9.78 Å². The van der Waals surface area contributed by atoms with E-state index in [9.17, 15) is 13.6 Å². The third kappa shape index (κ3) is 4.39. The molecular formula is C26H22ClF2N3O. The first-order chi connectivity index (χ1) is 15.9. The summed E-state index contributed by atoms with van der Waals surface area (Å²) in [5.74, 6) is -1.85. The predicted molar refractivity (Wildman–Crippen MR) is 127 cm³/mol. The van der Waals surface area contributed by atoms with Gasteiger partial charge in [0.1, 0.15) is 22.3 Å². The number of aromatic nitrogens is 2. The average Bonchev–Trinajstić information content (AvgIpc) is 3.18. The minimum absolute atomic E-state index is 0.0504. The molecule has 4 nitrogen and oxygen atoms in total. The van der Waals surface area contributed by atoms with Crippen molar-refractivity contribution >= 4 is 23.2 Å². The number of rotatable bonds is 6. The van der Waals surface area contributed by atoms with E-state index in [1.54, 1.807) is 24.3 Å². The molecule has 4 aromatic rings. The molecule has 0 bridgehead atoms. The lowest BCUT2D eigenvalue weighted by atomic mass is 10.0. The van der Waals surface area contributed by atoms with Crippen molar-refractivity contribution in [2.45, 2.75) is 26.7 Å². The summed E-state index contributed by atoms with van der Waals surface area (Å²) in [5, 5.41) is 7.32. The zero-order valence-electron chi connectivity index (χ0n) is 18.2. The minimum Gasteiger partial charge on any atom is -0.320 e. The molecule has 0 saturated heterocycles. The van der Waals surface area contributed by atoms with E-state index < -0.39 is 17.5 Å². The van der Waals surface area contributed by atoms with Crippen LogP contribution in [0.4, 0.5) is 14.5 Å². The van der Waals surface area contributed by atoms with Gasteiger partial charge in [-0.25, -0.2) is 13.5 Å². The standard InChI is InChI=1S/C26H22ClF2N3O/c1-3-16-11-8-12-17(4-2)23(16)30-26(33)24-22(27)25(18-9-6-5-7-10-18)32(31-24)21-15-19(28)13-14-20(21)29/h5-15H,3-4H2,1-2H3,(H,30,33). The first-order valence-corrected chi connectivity index (χ1v) is 11.0. The van der Waals surface area contributed by atoms with Crippen molar-refractivity contribution in [3.05, 3.63) is 100 Å². The first-order valence-electron chi connectivity index (χ1n) is 10.7. The molecule has 0 spiro atoms. The second-order valence-electron chi connectivity index (χ2n) is 7.50. The number of halogens is 3. The number of nitrogens with zero attached hydrogens (tertiary/aromatic N) is 2. The summed E-state index contributed by atoms with van der Waals surface area (Å²) in [5.41, 5.74) is 3.38. The maximum absolute atomic E-state index is 14.7. The van der Waals surface area contributed by atoms with Gasteiger partial charge in [0.2, 0.25) is 0 Å². The van der Waals surface area contributed by atoms with Crippen molar-refractivity contribution in [2.75, 3.05) is 5.32 Å². The second kappa shape index (κ2) is 9.55. The van der Waals surface area contributed by atoms with Crippen LogP contribution in [0.3, 0.4) is 0 Å². The van der Waals surface area contributed by atoms with Crippen LogP contribution in [0, 0.1) is 11.6 Å². The summed E-state index contributed by atoms with van der Waals surface area (Å²) < 4.78 is 29.8. The zero-order chi connectivity index (χ0) is 23.5. The molecule has 0 fully saturated rings. The van der Waals surface area contributed by atoms with Crippen molar-refractivity contribution in [3.8, 4) is 16.9 Å². The molecule has 168 valence electrons. The Bertz CT molecular complexity index is 1300. The van der Waals surface area contributed by atoms with Crippen LogP contribution in [0.15, 0.2) is 66.7 Å². The Morgan fingerprint density at radius 2 is 1.64 bits per heavy atom. The molecule has 0 radical (unpaired) electrons. The van der Waals surface area contributed by atoms with Crippen LogP contribution in [-0.2, 0) is 12.8 Å². The van der Waals surface area contributed by atoms with Gasteiger partial charge in [-0.05, 0) is 36.1 Å². The third-order valence-corrected chi connectivity index (χ3v) is 5.82. The highest BCUT2D eigenvalue weighted by molar-refractivity contribution is 6.36. The molecule has 0 aliphatic carbocycles. The minimum atomic E-state index is -0.690. The summed E-state index contributed by atoms with van der Waals surface area (Å²) in [4.78, 5) is 13.3. The molecule has 33 heavy (non-hydrogen) atoms. The van der Waals surface area contributed by atoms with Crippen LogP contribution in [0.1, 0.15) is 35.5 Å². The van der Waals surface area contributed by atoms with Crippen molar-refractivity contribution in [2.24, 2.45) is 0 Å².